The van der Waals surface area contributed by atoms with Crippen molar-refractivity contribution in [2.75, 3.05) is 12.3 Å². The summed E-state index contributed by atoms with van der Waals surface area (Å²) in [5.74, 6) is 0. The van der Waals surface area contributed by atoms with Crippen LogP contribution in [-0.2, 0) is 6.42 Å². The van der Waals surface area contributed by atoms with Crippen LogP contribution in [0.3, 0.4) is 0 Å². The van der Waals surface area contributed by atoms with Gasteiger partial charge in [0, 0.05) is 28.4 Å². The van der Waals surface area contributed by atoms with Crippen molar-refractivity contribution in [3.05, 3.63) is 64.2 Å². The van der Waals surface area contributed by atoms with E-state index in [9.17, 15) is 4.79 Å². The number of carbonyl (C=O) groups excluding carboxylic acids is 1. The van der Waals surface area contributed by atoms with Crippen LogP contribution < -0.4 is 11.1 Å². The highest BCUT2D eigenvalue weighted by molar-refractivity contribution is 6.31. The maximum Gasteiger partial charge on any atom is 0.338 e. The molecule has 1 heterocycles. The number of carbonyl (C=O) groups is 1. The third-order valence-electron chi connectivity index (χ3n) is 4.39. The summed E-state index contributed by atoms with van der Waals surface area (Å²) in [5, 5.41) is 9.82. The van der Waals surface area contributed by atoms with E-state index in [-0.39, 0.29) is 12.1 Å². The summed E-state index contributed by atoms with van der Waals surface area (Å²) in [7, 11) is 0. The lowest BCUT2D eigenvalue weighted by atomic mass is 9.95. The minimum atomic E-state index is -0.189. The Morgan fingerprint density at radius 1 is 1.31 bits per heavy atom. The molecule has 0 aliphatic carbocycles. The summed E-state index contributed by atoms with van der Waals surface area (Å²) in [6, 6.07) is 13.0. The molecule has 1 unspecified atom stereocenters. The number of benzene rings is 2. The average Bonchev–Trinajstić information content (AvgIpc) is 2.76. The Labute approximate surface area is 158 Å². The van der Waals surface area contributed by atoms with Gasteiger partial charge < -0.3 is 11.1 Å². The van der Waals surface area contributed by atoms with Crippen molar-refractivity contribution in [3.63, 3.8) is 0 Å². The van der Waals surface area contributed by atoms with Crippen LogP contribution in [0.25, 0.3) is 0 Å². The molecular weight excluding hydrogens is 348 g/mol. The Hall–Kier alpha value is -2.53. The lowest BCUT2D eigenvalue weighted by Crippen LogP contribution is -2.42. The fourth-order valence-electron chi connectivity index (χ4n) is 3.02. The number of halogens is 1. The molecule has 0 aromatic heterocycles. The molecule has 0 bridgehead atoms. The minimum Gasteiger partial charge on any atom is -0.399 e. The van der Waals surface area contributed by atoms with Gasteiger partial charge in [-0.1, -0.05) is 36.7 Å². The zero-order valence-electron chi connectivity index (χ0n) is 15.0. The molecule has 1 atom stereocenters. The van der Waals surface area contributed by atoms with Crippen molar-refractivity contribution >= 4 is 29.0 Å². The first kappa shape index (κ1) is 18.3. The molecule has 0 radical (unpaired) electrons. The Morgan fingerprint density at radius 2 is 2.04 bits per heavy atom. The summed E-state index contributed by atoms with van der Waals surface area (Å²) in [4.78, 5) is 12.6. The molecule has 1 aliphatic heterocycles. The number of nitrogen functional groups attached to an aromatic ring is 1. The van der Waals surface area contributed by atoms with Crippen molar-refractivity contribution in [2.45, 2.75) is 32.7 Å². The fraction of sp³-hybridized carbons (Fsp3) is 0.300. The normalized spacial score (nSPS) is 16.5. The van der Waals surface area contributed by atoms with Gasteiger partial charge in [-0.15, -0.1) is 0 Å². The first-order valence-electron chi connectivity index (χ1n) is 8.80. The van der Waals surface area contributed by atoms with Crippen molar-refractivity contribution in [1.29, 1.82) is 0 Å². The third kappa shape index (κ3) is 3.83. The molecule has 0 spiro atoms. The van der Waals surface area contributed by atoms with Crippen LogP contribution in [-0.4, -0.2) is 29.3 Å². The van der Waals surface area contributed by atoms with Crippen molar-refractivity contribution < 1.29 is 4.79 Å². The molecule has 0 saturated carbocycles. The van der Waals surface area contributed by atoms with E-state index in [0.29, 0.717) is 23.7 Å². The molecule has 0 fully saturated rings. The van der Waals surface area contributed by atoms with Gasteiger partial charge in [0.05, 0.1) is 11.8 Å². The standard InChI is InChI=1S/C20H23ClN4O/c1-3-10-23-20(26)25-13(2)11-15-4-7-16(21)12-18(15)19(24-25)14-5-8-17(22)9-6-14/h4-9,12-13H,3,10-11,22H2,1-2H3,(H,23,26). The SMILES string of the molecule is CCCNC(=O)N1N=C(c2ccc(N)cc2)c2cc(Cl)ccc2CC1C. The number of hydrazone groups is 1. The van der Waals surface area contributed by atoms with E-state index in [0.717, 1.165) is 28.8 Å². The molecule has 2 aromatic rings. The monoisotopic (exact) mass is 370 g/mol. The van der Waals surface area contributed by atoms with Gasteiger partial charge in [-0.05, 0) is 49.6 Å². The van der Waals surface area contributed by atoms with Crippen molar-refractivity contribution in [2.24, 2.45) is 5.10 Å². The maximum absolute atomic E-state index is 12.6. The van der Waals surface area contributed by atoms with Gasteiger partial charge in [0.15, 0.2) is 0 Å². The number of fused-ring (bicyclic) bond motifs is 1. The quantitative estimate of drug-likeness (QED) is 0.800. The van der Waals surface area contributed by atoms with Gasteiger partial charge in [-0.2, -0.15) is 5.10 Å². The third-order valence-corrected chi connectivity index (χ3v) is 4.62. The maximum atomic E-state index is 12.6. The van der Waals surface area contributed by atoms with Gasteiger partial charge in [-0.25, -0.2) is 9.80 Å². The predicted molar refractivity (Wildman–Crippen MR) is 107 cm³/mol. The van der Waals surface area contributed by atoms with E-state index in [1.165, 1.54) is 5.01 Å². The average molecular weight is 371 g/mol. The highest BCUT2D eigenvalue weighted by Gasteiger charge is 2.27. The van der Waals surface area contributed by atoms with E-state index >= 15 is 0 Å². The zero-order chi connectivity index (χ0) is 18.7. The highest BCUT2D eigenvalue weighted by atomic mass is 35.5. The Morgan fingerprint density at radius 3 is 2.73 bits per heavy atom. The largest absolute Gasteiger partial charge is 0.399 e. The second kappa shape index (κ2) is 7.79. The number of hydrogen-bond acceptors (Lipinski definition) is 3. The summed E-state index contributed by atoms with van der Waals surface area (Å²) in [6.45, 7) is 4.64. The van der Waals surface area contributed by atoms with E-state index in [4.69, 9.17) is 22.4 Å². The second-order valence-corrected chi connectivity index (χ2v) is 6.94. The number of urea groups is 1. The Balaban J connectivity index is 2.11. The van der Waals surface area contributed by atoms with Gasteiger partial charge in [0.25, 0.3) is 0 Å². The molecule has 3 N–H and O–H groups in total. The summed E-state index contributed by atoms with van der Waals surface area (Å²) < 4.78 is 0. The van der Waals surface area contributed by atoms with Crippen LogP contribution in [0.1, 0.15) is 37.0 Å². The van der Waals surface area contributed by atoms with Crippen LogP contribution in [0.15, 0.2) is 47.6 Å². The molecule has 3 rings (SSSR count). The number of anilines is 1. The predicted octanol–water partition coefficient (Wildman–Crippen LogP) is 4.04. The van der Waals surface area contributed by atoms with Gasteiger partial charge in [0.1, 0.15) is 0 Å². The molecular formula is C20H23ClN4O. The van der Waals surface area contributed by atoms with Gasteiger partial charge in [0.2, 0.25) is 0 Å². The highest BCUT2D eigenvalue weighted by Crippen LogP contribution is 2.26. The van der Waals surface area contributed by atoms with Crippen LogP contribution in [0.2, 0.25) is 5.02 Å². The van der Waals surface area contributed by atoms with Crippen LogP contribution in [0, 0.1) is 0 Å². The number of hydrogen-bond donors (Lipinski definition) is 2. The smallest absolute Gasteiger partial charge is 0.338 e. The molecule has 2 aromatic carbocycles. The number of nitrogens with zero attached hydrogens (tertiary/aromatic N) is 2. The van der Waals surface area contributed by atoms with Crippen LogP contribution >= 0.6 is 11.6 Å². The molecule has 26 heavy (non-hydrogen) atoms. The van der Waals surface area contributed by atoms with E-state index in [1.54, 1.807) is 0 Å². The second-order valence-electron chi connectivity index (χ2n) is 6.50. The Kier molecular flexibility index (Phi) is 5.47. The van der Waals surface area contributed by atoms with E-state index < -0.39 is 0 Å². The first-order chi connectivity index (χ1) is 12.5. The summed E-state index contributed by atoms with van der Waals surface area (Å²) in [5.41, 5.74) is 10.2. The number of amides is 2. The summed E-state index contributed by atoms with van der Waals surface area (Å²) >= 11 is 6.24. The molecule has 1 aliphatic rings. The molecule has 0 saturated heterocycles. The fourth-order valence-corrected chi connectivity index (χ4v) is 3.20. The van der Waals surface area contributed by atoms with Gasteiger partial charge >= 0.3 is 6.03 Å². The zero-order valence-corrected chi connectivity index (χ0v) is 15.8. The lowest BCUT2D eigenvalue weighted by molar-refractivity contribution is 0.182. The number of rotatable bonds is 3. The topological polar surface area (TPSA) is 70.7 Å². The van der Waals surface area contributed by atoms with Gasteiger partial charge in [-0.3, -0.25) is 0 Å². The van der Waals surface area contributed by atoms with Crippen LogP contribution in [0.4, 0.5) is 10.5 Å². The minimum absolute atomic E-state index is 0.0712. The Bertz CT molecular complexity index is 832. The van der Waals surface area contributed by atoms with Crippen molar-refractivity contribution in [1.82, 2.24) is 10.3 Å². The number of nitrogens with one attached hydrogen (secondary N) is 1. The molecule has 5 nitrogen and oxygen atoms in total. The number of nitrogens with two attached hydrogens (primary N) is 1. The summed E-state index contributed by atoms with van der Waals surface area (Å²) in [6.07, 6.45) is 1.58. The molecule has 2 amide bonds. The van der Waals surface area contributed by atoms with Crippen LogP contribution in [0.5, 0.6) is 0 Å². The lowest BCUT2D eigenvalue weighted by Gasteiger charge is -2.23. The van der Waals surface area contributed by atoms with Crippen molar-refractivity contribution in [3.8, 4) is 0 Å². The van der Waals surface area contributed by atoms with E-state index in [1.807, 2.05) is 56.3 Å². The first-order valence-corrected chi connectivity index (χ1v) is 9.17. The molecule has 6 heteroatoms. The molecule has 136 valence electrons. The van der Waals surface area contributed by atoms with E-state index in [2.05, 4.69) is 5.32 Å².